The second kappa shape index (κ2) is 14.9. The topological polar surface area (TPSA) is 104 Å². The molecule has 170 valence electrons. The van der Waals surface area contributed by atoms with Gasteiger partial charge in [-0.1, -0.05) is 63.1 Å². The molecule has 0 radical (unpaired) electrons. The zero-order valence-electron chi connectivity index (χ0n) is 18.6. The van der Waals surface area contributed by atoms with Crippen LogP contribution in [0.4, 0.5) is 0 Å². The molecule has 0 fully saturated rings. The van der Waals surface area contributed by atoms with E-state index < -0.39 is 17.7 Å². The van der Waals surface area contributed by atoms with E-state index in [1.807, 2.05) is 44.2 Å². The van der Waals surface area contributed by atoms with Gasteiger partial charge in [-0.3, -0.25) is 19.2 Å². The zero-order valence-corrected chi connectivity index (χ0v) is 18.6. The monoisotopic (exact) mass is 429 g/mol. The van der Waals surface area contributed by atoms with Crippen molar-refractivity contribution < 1.29 is 19.2 Å². The fourth-order valence-electron chi connectivity index (χ4n) is 2.93. The Hall–Kier alpha value is -2.96. The molecule has 0 saturated heterocycles. The molecular weight excluding hydrogens is 394 g/mol. The molecule has 3 amide bonds. The molecule has 2 unspecified atom stereocenters. The van der Waals surface area contributed by atoms with E-state index in [0.717, 1.165) is 24.8 Å². The highest BCUT2D eigenvalue weighted by atomic mass is 16.2. The molecule has 0 bridgehead atoms. The fraction of sp³-hybridized carbons (Fsp3) is 0.500. The number of carbonyl (C=O) groups is 4. The number of Topliss-reactive ketones (excluding diaryl/α,β-unsaturated/α-hetero) is 1. The van der Waals surface area contributed by atoms with E-state index in [-0.39, 0.29) is 30.7 Å². The summed E-state index contributed by atoms with van der Waals surface area (Å²) in [6, 6.07) is 8.58. The molecule has 0 aliphatic carbocycles. The first-order valence-electron chi connectivity index (χ1n) is 10.9. The van der Waals surface area contributed by atoms with Crippen LogP contribution in [0.15, 0.2) is 43.0 Å². The van der Waals surface area contributed by atoms with E-state index in [1.54, 1.807) is 6.08 Å². The van der Waals surface area contributed by atoms with Crippen LogP contribution >= 0.6 is 0 Å². The number of rotatable bonds is 15. The lowest BCUT2D eigenvalue weighted by atomic mass is 10.0. The highest BCUT2D eigenvalue weighted by molar-refractivity contribution is 6.38. The normalized spacial score (nSPS) is 12.3. The number of unbranched alkanes of at least 4 members (excludes halogenated alkanes) is 1. The maximum atomic E-state index is 12.5. The second-order valence-electron chi connectivity index (χ2n) is 7.60. The number of carbonyl (C=O) groups excluding carboxylic acids is 4. The summed E-state index contributed by atoms with van der Waals surface area (Å²) in [5.41, 5.74) is 0.976. The Balaban J connectivity index is 2.47. The highest BCUT2D eigenvalue weighted by Crippen LogP contribution is 2.09. The largest absolute Gasteiger partial charge is 0.352 e. The third kappa shape index (κ3) is 10.6. The molecule has 7 nitrogen and oxygen atoms in total. The first-order chi connectivity index (χ1) is 14.9. The summed E-state index contributed by atoms with van der Waals surface area (Å²) in [4.78, 5) is 49.1. The van der Waals surface area contributed by atoms with Crippen molar-refractivity contribution in [3.63, 3.8) is 0 Å². The second-order valence-corrected chi connectivity index (χ2v) is 7.60. The maximum absolute atomic E-state index is 12.5. The van der Waals surface area contributed by atoms with Gasteiger partial charge in [0.15, 0.2) is 0 Å². The number of hydrogen-bond acceptors (Lipinski definition) is 4. The molecule has 1 rings (SSSR count). The van der Waals surface area contributed by atoms with Gasteiger partial charge in [0.25, 0.3) is 5.91 Å². The molecule has 2 atom stereocenters. The van der Waals surface area contributed by atoms with E-state index in [2.05, 4.69) is 22.5 Å². The molecule has 31 heavy (non-hydrogen) atoms. The van der Waals surface area contributed by atoms with Gasteiger partial charge in [-0.25, -0.2) is 0 Å². The fourth-order valence-corrected chi connectivity index (χ4v) is 2.93. The van der Waals surface area contributed by atoms with Crippen molar-refractivity contribution in [1.29, 1.82) is 0 Å². The third-order valence-electron chi connectivity index (χ3n) is 4.92. The highest BCUT2D eigenvalue weighted by Gasteiger charge is 2.27. The summed E-state index contributed by atoms with van der Waals surface area (Å²) < 4.78 is 0. The van der Waals surface area contributed by atoms with Gasteiger partial charge in [0, 0.05) is 25.4 Å². The van der Waals surface area contributed by atoms with Crippen LogP contribution in [0.2, 0.25) is 0 Å². The van der Waals surface area contributed by atoms with E-state index >= 15 is 0 Å². The summed E-state index contributed by atoms with van der Waals surface area (Å²) >= 11 is 0. The van der Waals surface area contributed by atoms with Gasteiger partial charge in [0.2, 0.25) is 17.6 Å². The van der Waals surface area contributed by atoms with Crippen molar-refractivity contribution >= 4 is 23.5 Å². The average molecular weight is 430 g/mol. The standard InChI is InChI=1S/C24H35N3O4/c1-4-6-11-18(3)23(30)27-20(14-7-5-2)22(29)24(31)25-16-15-21(28)26-17-19-12-9-8-10-13-19/h5,8-10,12-13,18,20H,2,4,6-7,11,14-17H2,1,3H3,(H,25,31)(H,26,28)(H,27,30). The van der Waals surface area contributed by atoms with E-state index in [0.29, 0.717) is 19.4 Å². The minimum absolute atomic E-state index is 0.0419. The van der Waals surface area contributed by atoms with Gasteiger partial charge in [0.05, 0.1) is 6.04 Å². The molecular formula is C24H35N3O4. The molecule has 1 aromatic rings. The molecule has 3 N–H and O–H groups in total. The molecule has 0 aromatic heterocycles. The third-order valence-corrected chi connectivity index (χ3v) is 4.92. The first kappa shape index (κ1) is 26.1. The summed E-state index contributed by atoms with van der Waals surface area (Å²) in [7, 11) is 0. The Kier molecular flexibility index (Phi) is 12.6. The van der Waals surface area contributed by atoms with Gasteiger partial charge in [0.1, 0.15) is 0 Å². The molecule has 0 saturated carbocycles. The van der Waals surface area contributed by atoms with Crippen molar-refractivity contribution in [2.45, 2.75) is 65.0 Å². The Morgan fingerprint density at radius 1 is 1.06 bits per heavy atom. The minimum atomic E-state index is -0.901. The lowest BCUT2D eigenvalue weighted by Gasteiger charge is -2.19. The van der Waals surface area contributed by atoms with Crippen LogP contribution in [-0.4, -0.2) is 36.1 Å². The average Bonchev–Trinajstić information content (AvgIpc) is 2.78. The van der Waals surface area contributed by atoms with Crippen LogP contribution < -0.4 is 16.0 Å². The van der Waals surface area contributed by atoms with Crippen molar-refractivity contribution in [3.8, 4) is 0 Å². The van der Waals surface area contributed by atoms with Crippen LogP contribution in [0.25, 0.3) is 0 Å². The van der Waals surface area contributed by atoms with Crippen LogP contribution in [0.3, 0.4) is 0 Å². The predicted molar refractivity (Wildman–Crippen MR) is 121 cm³/mol. The van der Waals surface area contributed by atoms with Crippen molar-refractivity contribution in [2.24, 2.45) is 5.92 Å². The van der Waals surface area contributed by atoms with Gasteiger partial charge in [-0.15, -0.1) is 6.58 Å². The van der Waals surface area contributed by atoms with Gasteiger partial charge < -0.3 is 16.0 Å². The van der Waals surface area contributed by atoms with Crippen molar-refractivity contribution in [1.82, 2.24) is 16.0 Å². The molecule has 0 heterocycles. The van der Waals surface area contributed by atoms with E-state index in [1.165, 1.54) is 0 Å². The number of ketones is 1. The number of amides is 3. The van der Waals surface area contributed by atoms with Crippen molar-refractivity contribution in [2.75, 3.05) is 6.54 Å². The molecule has 7 heteroatoms. The number of hydrogen-bond donors (Lipinski definition) is 3. The molecule has 0 aliphatic rings. The lowest BCUT2D eigenvalue weighted by Crippen LogP contribution is -2.49. The van der Waals surface area contributed by atoms with Crippen molar-refractivity contribution in [3.05, 3.63) is 48.6 Å². The van der Waals surface area contributed by atoms with Crippen LogP contribution in [0.1, 0.15) is 57.9 Å². The Labute approximate surface area is 185 Å². The molecule has 0 spiro atoms. The zero-order chi connectivity index (χ0) is 23.1. The SMILES string of the molecule is C=CCCC(NC(=O)C(C)CCCC)C(=O)C(=O)NCCC(=O)NCc1ccccc1. The summed E-state index contributed by atoms with van der Waals surface area (Å²) in [5, 5.41) is 7.95. The van der Waals surface area contributed by atoms with Crippen LogP contribution in [0.5, 0.6) is 0 Å². The Morgan fingerprint density at radius 3 is 2.42 bits per heavy atom. The summed E-state index contributed by atoms with van der Waals surface area (Å²) in [5.74, 6) is -2.19. The van der Waals surface area contributed by atoms with Crippen LogP contribution in [0, 0.1) is 5.92 Å². The van der Waals surface area contributed by atoms with Gasteiger partial charge in [-0.05, 0) is 24.8 Å². The molecule has 1 aromatic carbocycles. The predicted octanol–water partition coefficient (Wildman–Crippen LogP) is 2.66. The quantitative estimate of drug-likeness (QED) is 0.294. The van der Waals surface area contributed by atoms with Crippen LogP contribution in [-0.2, 0) is 25.7 Å². The van der Waals surface area contributed by atoms with Gasteiger partial charge in [-0.2, -0.15) is 0 Å². The summed E-state index contributed by atoms with van der Waals surface area (Å²) in [6.45, 7) is 7.94. The smallest absolute Gasteiger partial charge is 0.289 e. The number of nitrogens with one attached hydrogen (secondary N) is 3. The Morgan fingerprint density at radius 2 is 1.77 bits per heavy atom. The minimum Gasteiger partial charge on any atom is -0.352 e. The maximum Gasteiger partial charge on any atom is 0.289 e. The number of allylic oxidation sites excluding steroid dienone is 1. The molecule has 0 aliphatic heterocycles. The number of benzene rings is 1. The summed E-state index contributed by atoms with van der Waals surface area (Å²) in [6.07, 6.45) is 5.14. The van der Waals surface area contributed by atoms with E-state index in [9.17, 15) is 19.2 Å². The Bertz CT molecular complexity index is 734. The van der Waals surface area contributed by atoms with Gasteiger partial charge >= 0.3 is 0 Å². The lowest BCUT2D eigenvalue weighted by molar-refractivity contribution is -0.140. The first-order valence-corrected chi connectivity index (χ1v) is 10.9. The van der Waals surface area contributed by atoms with E-state index in [4.69, 9.17) is 0 Å².